The Balaban J connectivity index is 2.31. The highest BCUT2D eigenvalue weighted by Crippen LogP contribution is 2.14. The summed E-state index contributed by atoms with van der Waals surface area (Å²) in [6.45, 7) is 8.31. The van der Waals surface area contributed by atoms with Crippen molar-refractivity contribution in [2.75, 3.05) is 78.1 Å². The summed E-state index contributed by atoms with van der Waals surface area (Å²) in [5.41, 5.74) is 7.56. The lowest BCUT2D eigenvalue weighted by molar-refractivity contribution is -0.139. The van der Waals surface area contributed by atoms with Crippen molar-refractivity contribution in [3.63, 3.8) is 0 Å². The minimum Gasteiger partial charge on any atom is -0.480 e. The molecule has 34 heavy (non-hydrogen) atoms. The number of rotatable bonds is 11. The molecule has 1 aromatic carbocycles. The average molecular weight is 480 g/mol. The second kappa shape index (κ2) is 15.2. The van der Waals surface area contributed by atoms with E-state index in [1.165, 1.54) is 0 Å². The lowest BCUT2D eigenvalue weighted by Crippen LogP contribution is -2.52. The van der Waals surface area contributed by atoms with Crippen molar-refractivity contribution in [2.24, 2.45) is 0 Å². The molecule has 0 amide bonds. The minimum atomic E-state index is -0.880. The maximum atomic E-state index is 11.6. The number of hydrogen-bond acceptors (Lipinski definition) is 10. The van der Waals surface area contributed by atoms with Crippen molar-refractivity contribution in [3.05, 3.63) is 29.8 Å². The number of carbonyl (C=O) groups excluding carboxylic acids is 2. The first kappa shape index (κ1) is 27.5. The Kier molecular flexibility index (Phi) is 12.3. The molecule has 1 atom stereocenters. The zero-order chi connectivity index (χ0) is 24.8. The van der Waals surface area contributed by atoms with Gasteiger partial charge in [-0.1, -0.05) is 19.1 Å². The number of anilines is 1. The summed E-state index contributed by atoms with van der Waals surface area (Å²) < 4.78 is 10.1. The van der Waals surface area contributed by atoms with E-state index in [2.05, 4.69) is 11.8 Å². The number of hydrogen-bond donors (Lipinski definition) is 2. The fourth-order valence-corrected chi connectivity index (χ4v) is 4.08. The molecule has 1 saturated heterocycles. The summed E-state index contributed by atoms with van der Waals surface area (Å²) in [6, 6.07) is 7.46. The van der Waals surface area contributed by atoms with Crippen LogP contribution < -0.4 is 5.73 Å². The molecule has 1 unspecified atom stereocenters. The normalized spacial score (nSPS) is 20.1. The van der Waals surface area contributed by atoms with Gasteiger partial charge in [-0.2, -0.15) is 0 Å². The Morgan fingerprint density at radius 3 is 2.18 bits per heavy atom. The van der Waals surface area contributed by atoms with E-state index in [1.807, 2.05) is 39.0 Å². The van der Waals surface area contributed by atoms with E-state index in [9.17, 15) is 19.5 Å². The number of likely N-dealkylation sites (N-methyl/N-ethyl adjacent to an activating group) is 1. The van der Waals surface area contributed by atoms with Crippen molar-refractivity contribution >= 4 is 24.6 Å². The number of carbonyl (C=O) groups is 3. The Bertz CT molecular complexity index is 750. The van der Waals surface area contributed by atoms with Crippen LogP contribution in [-0.4, -0.2) is 122 Å². The van der Waals surface area contributed by atoms with Crippen molar-refractivity contribution in [1.29, 1.82) is 0 Å². The van der Waals surface area contributed by atoms with E-state index in [0.29, 0.717) is 64.3 Å². The second-order valence-electron chi connectivity index (χ2n) is 8.38. The van der Waals surface area contributed by atoms with E-state index in [4.69, 9.17) is 15.2 Å². The lowest BCUT2D eigenvalue weighted by atomic mass is 10.0. The summed E-state index contributed by atoms with van der Waals surface area (Å²) >= 11 is 0. The van der Waals surface area contributed by atoms with Crippen molar-refractivity contribution in [3.8, 4) is 0 Å². The second-order valence-corrected chi connectivity index (χ2v) is 8.38. The third-order valence-electron chi connectivity index (χ3n) is 6.04. The number of ether oxygens (including phenoxy) is 2. The van der Waals surface area contributed by atoms with Crippen LogP contribution in [0.1, 0.15) is 12.5 Å². The van der Waals surface area contributed by atoms with Gasteiger partial charge in [-0.25, -0.2) is 0 Å². The van der Waals surface area contributed by atoms with E-state index < -0.39 is 5.97 Å². The van der Waals surface area contributed by atoms with Crippen LogP contribution in [-0.2, 0) is 30.3 Å². The maximum Gasteiger partial charge on any atom is 0.317 e. The van der Waals surface area contributed by atoms with Crippen LogP contribution >= 0.6 is 0 Å². The van der Waals surface area contributed by atoms with Gasteiger partial charge >= 0.3 is 5.97 Å². The van der Waals surface area contributed by atoms with E-state index >= 15 is 0 Å². The summed E-state index contributed by atoms with van der Waals surface area (Å²) in [7, 11) is 0. The van der Waals surface area contributed by atoms with Crippen LogP contribution in [0, 0.1) is 0 Å². The highest BCUT2D eigenvalue weighted by molar-refractivity contribution is 5.69. The topological polar surface area (TPSA) is 129 Å². The Hall–Kier alpha value is -2.73. The molecule has 1 aromatic rings. The van der Waals surface area contributed by atoms with Crippen LogP contribution in [0.25, 0.3) is 0 Å². The monoisotopic (exact) mass is 479 g/mol. The molecule has 1 aliphatic heterocycles. The predicted octanol–water partition coefficient (Wildman–Crippen LogP) is -0.233. The van der Waals surface area contributed by atoms with Gasteiger partial charge in [0, 0.05) is 57.5 Å². The smallest absolute Gasteiger partial charge is 0.317 e. The van der Waals surface area contributed by atoms with Crippen LogP contribution in [0.3, 0.4) is 0 Å². The van der Waals surface area contributed by atoms with Gasteiger partial charge in [-0.3, -0.25) is 29.1 Å². The molecule has 11 nitrogen and oxygen atoms in total. The van der Waals surface area contributed by atoms with Gasteiger partial charge < -0.3 is 25.2 Å². The largest absolute Gasteiger partial charge is 0.480 e. The first-order valence-corrected chi connectivity index (χ1v) is 11.5. The van der Waals surface area contributed by atoms with Gasteiger partial charge in [-0.15, -0.1) is 0 Å². The van der Waals surface area contributed by atoms with Gasteiger partial charge in [0.25, 0.3) is 12.9 Å². The van der Waals surface area contributed by atoms with Gasteiger partial charge in [0.05, 0.1) is 6.54 Å². The molecular weight excluding hydrogens is 442 g/mol. The van der Waals surface area contributed by atoms with Crippen LogP contribution in [0.5, 0.6) is 0 Å². The number of nitrogens with zero attached hydrogens (tertiary/aromatic N) is 4. The molecular formula is C23H37N5O6. The Labute approximate surface area is 201 Å². The van der Waals surface area contributed by atoms with Crippen molar-refractivity contribution in [2.45, 2.75) is 19.4 Å². The molecule has 0 saturated carbocycles. The average Bonchev–Trinajstić information content (AvgIpc) is 2.81. The molecule has 2 rings (SSSR count). The Morgan fingerprint density at radius 2 is 1.56 bits per heavy atom. The van der Waals surface area contributed by atoms with Gasteiger partial charge in [0.2, 0.25) is 0 Å². The molecule has 3 N–H and O–H groups in total. The number of nitrogens with two attached hydrogens (primary N) is 1. The van der Waals surface area contributed by atoms with E-state index in [-0.39, 0.29) is 26.0 Å². The minimum absolute atomic E-state index is 0.0720. The molecule has 0 aliphatic carbocycles. The van der Waals surface area contributed by atoms with Crippen LogP contribution in [0.15, 0.2) is 24.3 Å². The van der Waals surface area contributed by atoms with Gasteiger partial charge in [-0.05, 0) is 30.7 Å². The maximum absolute atomic E-state index is 11.6. The predicted molar refractivity (Wildman–Crippen MR) is 127 cm³/mol. The summed E-state index contributed by atoms with van der Waals surface area (Å²) in [5.74, 6) is -0.880. The number of nitrogen functional groups attached to an aromatic ring is 1. The van der Waals surface area contributed by atoms with Gasteiger partial charge in [0.15, 0.2) is 0 Å². The quantitative estimate of drug-likeness (QED) is 0.322. The zero-order valence-corrected chi connectivity index (χ0v) is 19.9. The molecule has 0 spiro atoms. The molecule has 1 heterocycles. The first-order chi connectivity index (χ1) is 16.4. The molecule has 1 aliphatic rings. The van der Waals surface area contributed by atoms with E-state index in [1.54, 1.807) is 0 Å². The highest BCUT2D eigenvalue weighted by atomic mass is 16.5. The van der Waals surface area contributed by atoms with E-state index in [0.717, 1.165) is 18.7 Å². The SMILES string of the molecule is CCN1CCN(COC=O)CCN(COC=O)C(Cc2ccc(N)cc2)CN(CC(=O)O)CC1. The third kappa shape index (κ3) is 10.0. The number of carboxylic acids is 1. The fourth-order valence-electron chi connectivity index (χ4n) is 4.08. The molecule has 190 valence electrons. The van der Waals surface area contributed by atoms with Gasteiger partial charge in [0.1, 0.15) is 13.5 Å². The molecule has 1 fully saturated rings. The lowest BCUT2D eigenvalue weighted by Gasteiger charge is -2.37. The molecule has 0 radical (unpaired) electrons. The first-order valence-electron chi connectivity index (χ1n) is 11.5. The molecule has 0 aromatic heterocycles. The molecule has 11 heteroatoms. The summed E-state index contributed by atoms with van der Waals surface area (Å²) in [4.78, 5) is 41.6. The number of aliphatic carboxylic acids is 1. The number of benzene rings is 1. The summed E-state index contributed by atoms with van der Waals surface area (Å²) in [5, 5.41) is 9.51. The van der Waals surface area contributed by atoms with Crippen molar-refractivity contribution < 1.29 is 29.0 Å². The van der Waals surface area contributed by atoms with Crippen molar-refractivity contribution in [1.82, 2.24) is 19.6 Å². The molecule has 0 bridgehead atoms. The Morgan fingerprint density at radius 1 is 0.971 bits per heavy atom. The zero-order valence-electron chi connectivity index (χ0n) is 19.9. The fraction of sp³-hybridized carbons (Fsp3) is 0.609. The van der Waals surface area contributed by atoms with Crippen LogP contribution in [0.2, 0.25) is 0 Å². The summed E-state index contributed by atoms with van der Waals surface area (Å²) in [6.07, 6.45) is 0.626. The highest BCUT2D eigenvalue weighted by Gasteiger charge is 2.25. The third-order valence-corrected chi connectivity index (χ3v) is 6.04. The van der Waals surface area contributed by atoms with Crippen LogP contribution in [0.4, 0.5) is 5.69 Å². The standard InChI is InChI=1S/C23H37N5O6/c1-2-25-7-9-26(16-33-18-29)11-12-28(17-34-19-30)22(13-20-3-5-21(24)6-4-20)14-27(10-8-25)15-23(31)32/h3-6,18-19,22H,2,7-17,24H2,1H3,(H,31,32). The number of carboxylic acid groups (broad SMARTS) is 1.